The molecule has 0 saturated carbocycles. The van der Waals surface area contributed by atoms with Crippen LogP contribution in [0.5, 0.6) is 0 Å². The Hall–Kier alpha value is -3.08. The molecule has 176 valence electrons. The number of benzene rings is 3. The first-order chi connectivity index (χ1) is 16.3. The molecule has 0 spiro atoms. The summed E-state index contributed by atoms with van der Waals surface area (Å²) >= 11 is 1.67. The molecule has 0 bridgehead atoms. The van der Waals surface area contributed by atoms with Crippen molar-refractivity contribution in [1.82, 2.24) is 4.31 Å². The van der Waals surface area contributed by atoms with Gasteiger partial charge in [-0.15, -0.1) is 0 Å². The summed E-state index contributed by atoms with van der Waals surface area (Å²) in [6.45, 7) is 3.54. The van der Waals surface area contributed by atoms with Crippen molar-refractivity contribution < 1.29 is 13.3 Å². The topological polar surface area (TPSA) is 95.8 Å². The van der Waals surface area contributed by atoms with E-state index in [2.05, 4.69) is 16.3 Å². The zero-order valence-corrected chi connectivity index (χ0v) is 20.2. The Balaban J connectivity index is 1.28. The number of nitrogens with one attached hydrogen (secondary N) is 1. The molecular weight excluding hydrogens is 472 g/mol. The Labute approximate surface area is 202 Å². The van der Waals surface area contributed by atoms with Crippen LogP contribution in [0.2, 0.25) is 0 Å². The second kappa shape index (κ2) is 8.94. The number of fused-ring (bicyclic) bond motifs is 2. The lowest BCUT2D eigenvalue weighted by molar-refractivity contribution is -0.384. The maximum absolute atomic E-state index is 13.4. The number of rotatable bonds is 5. The average Bonchev–Trinajstić information content (AvgIpc) is 2.86. The molecule has 1 saturated heterocycles. The summed E-state index contributed by atoms with van der Waals surface area (Å²) in [6.07, 6.45) is 0. The minimum atomic E-state index is -3.54. The number of hydrogen-bond acceptors (Lipinski definition) is 7. The highest BCUT2D eigenvalue weighted by Crippen LogP contribution is 2.45. The molecule has 5 rings (SSSR count). The largest absolute Gasteiger partial charge is 0.369 e. The zero-order valence-electron chi connectivity index (χ0n) is 18.5. The molecule has 1 unspecified atom stereocenters. The van der Waals surface area contributed by atoms with Gasteiger partial charge in [0, 0.05) is 53.8 Å². The normalized spacial score (nSPS) is 16.8. The van der Waals surface area contributed by atoms with Gasteiger partial charge in [0.25, 0.3) is 5.69 Å². The highest BCUT2D eigenvalue weighted by molar-refractivity contribution is 7.99. The molecule has 0 aromatic heterocycles. The Morgan fingerprint density at radius 2 is 1.62 bits per heavy atom. The summed E-state index contributed by atoms with van der Waals surface area (Å²) in [5.74, 6) is 0. The molecular formula is C24H24N4O4S2. The van der Waals surface area contributed by atoms with E-state index in [0.29, 0.717) is 26.2 Å². The standard InChI is InChI=1S/C24H24N4O4S2/c1-17(18-6-11-24-22(16-18)25-21-4-2-3-5-23(21)33-24)34(31,32)27-14-12-26(13-15-27)19-7-9-20(10-8-19)28(29)30/h2-11,16-17,25H,12-15H2,1H3. The van der Waals surface area contributed by atoms with Crippen molar-refractivity contribution in [2.75, 3.05) is 36.4 Å². The molecule has 1 N–H and O–H groups in total. The number of piperazine rings is 1. The number of non-ortho nitro benzene ring substituents is 1. The molecule has 1 fully saturated rings. The van der Waals surface area contributed by atoms with E-state index in [4.69, 9.17) is 0 Å². The van der Waals surface area contributed by atoms with Crippen LogP contribution in [0.4, 0.5) is 22.7 Å². The number of nitro groups is 1. The molecule has 0 aliphatic carbocycles. The smallest absolute Gasteiger partial charge is 0.269 e. The van der Waals surface area contributed by atoms with Crippen molar-refractivity contribution in [3.05, 3.63) is 82.4 Å². The SMILES string of the molecule is CC(c1ccc2c(c1)Nc1ccccc1S2)S(=O)(=O)N1CCN(c2ccc([N+](=O)[O-])cc2)CC1. The number of anilines is 3. The van der Waals surface area contributed by atoms with E-state index >= 15 is 0 Å². The lowest BCUT2D eigenvalue weighted by Gasteiger charge is -2.36. The fraction of sp³-hybridized carbons (Fsp3) is 0.250. The van der Waals surface area contributed by atoms with E-state index in [0.717, 1.165) is 32.4 Å². The fourth-order valence-corrected chi connectivity index (χ4v) is 6.87. The van der Waals surface area contributed by atoms with Crippen molar-refractivity contribution >= 4 is 44.5 Å². The summed E-state index contributed by atoms with van der Waals surface area (Å²) < 4.78 is 28.4. The molecule has 0 amide bonds. The van der Waals surface area contributed by atoms with Crippen LogP contribution in [0, 0.1) is 10.1 Å². The summed E-state index contributed by atoms with van der Waals surface area (Å²) in [7, 11) is -3.54. The summed E-state index contributed by atoms with van der Waals surface area (Å²) in [4.78, 5) is 14.7. The molecule has 2 heterocycles. The van der Waals surface area contributed by atoms with Crippen LogP contribution < -0.4 is 10.2 Å². The number of para-hydroxylation sites is 1. The summed E-state index contributed by atoms with van der Waals surface area (Å²) in [5.41, 5.74) is 3.60. The van der Waals surface area contributed by atoms with Gasteiger partial charge in [0.15, 0.2) is 0 Å². The van der Waals surface area contributed by atoms with Crippen LogP contribution in [0.15, 0.2) is 76.5 Å². The molecule has 2 aliphatic heterocycles. The minimum Gasteiger partial charge on any atom is -0.369 e. The van der Waals surface area contributed by atoms with Gasteiger partial charge in [0.2, 0.25) is 10.0 Å². The molecule has 0 radical (unpaired) electrons. The van der Waals surface area contributed by atoms with Crippen molar-refractivity contribution in [2.24, 2.45) is 0 Å². The Morgan fingerprint density at radius 1 is 0.941 bits per heavy atom. The third-order valence-electron chi connectivity index (χ3n) is 6.32. The van der Waals surface area contributed by atoms with Gasteiger partial charge in [-0.1, -0.05) is 30.0 Å². The van der Waals surface area contributed by atoms with Crippen molar-refractivity contribution in [2.45, 2.75) is 22.0 Å². The van der Waals surface area contributed by atoms with Crippen LogP contribution in [-0.2, 0) is 10.0 Å². The summed E-state index contributed by atoms with van der Waals surface area (Å²) in [5, 5.41) is 13.6. The van der Waals surface area contributed by atoms with Crippen molar-refractivity contribution in [3.8, 4) is 0 Å². The average molecular weight is 497 g/mol. The Kier molecular flexibility index (Phi) is 5.97. The minimum absolute atomic E-state index is 0.0419. The van der Waals surface area contributed by atoms with Gasteiger partial charge in [-0.05, 0) is 48.9 Å². The van der Waals surface area contributed by atoms with E-state index < -0.39 is 20.2 Å². The second-order valence-corrected chi connectivity index (χ2v) is 11.7. The summed E-state index contributed by atoms with van der Waals surface area (Å²) in [6, 6.07) is 20.2. The maximum Gasteiger partial charge on any atom is 0.269 e. The van der Waals surface area contributed by atoms with E-state index in [1.54, 1.807) is 35.1 Å². The van der Waals surface area contributed by atoms with Gasteiger partial charge in [-0.25, -0.2) is 8.42 Å². The number of nitrogens with zero attached hydrogens (tertiary/aromatic N) is 3. The number of sulfonamides is 1. The van der Waals surface area contributed by atoms with Crippen LogP contribution in [-0.4, -0.2) is 43.8 Å². The van der Waals surface area contributed by atoms with Gasteiger partial charge in [-0.3, -0.25) is 10.1 Å². The first-order valence-corrected chi connectivity index (χ1v) is 13.3. The van der Waals surface area contributed by atoms with Gasteiger partial charge in [-0.2, -0.15) is 4.31 Å². The van der Waals surface area contributed by atoms with Crippen LogP contribution in [0.25, 0.3) is 0 Å². The van der Waals surface area contributed by atoms with Gasteiger partial charge < -0.3 is 10.2 Å². The first kappa shape index (κ1) is 22.7. The van der Waals surface area contributed by atoms with E-state index in [9.17, 15) is 18.5 Å². The highest BCUT2D eigenvalue weighted by Gasteiger charge is 2.33. The monoisotopic (exact) mass is 496 g/mol. The predicted octanol–water partition coefficient (Wildman–Crippen LogP) is 5.02. The molecule has 2 aliphatic rings. The highest BCUT2D eigenvalue weighted by atomic mass is 32.2. The van der Waals surface area contributed by atoms with Crippen LogP contribution >= 0.6 is 11.8 Å². The fourth-order valence-electron chi connectivity index (χ4n) is 4.29. The quantitative estimate of drug-likeness (QED) is 0.306. The van der Waals surface area contributed by atoms with Crippen molar-refractivity contribution in [1.29, 1.82) is 0 Å². The molecule has 3 aromatic rings. The first-order valence-electron chi connectivity index (χ1n) is 11.0. The third kappa shape index (κ3) is 4.24. The second-order valence-electron chi connectivity index (χ2n) is 8.33. The van der Waals surface area contributed by atoms with E-state index in [1.807, 2.05) is 36.4 Å². The van der Waals surface area contributed by atoms with Crippen molar-refractivity contribution in [3.63, 3.8) is 0 Å². The zero-order chi connectivity index (χ0) is 23.9. The number of hydrogen-bond donors (Lipinski definition) is 1. The molecule has 10 heteroatoms. The van der Waals surface area contributed by atoms with Gasteiger partial charge >= 0.3 is 0 Å². The molecule has 3 aromatic carbocycles. The Morgan fingerprint density at radius 3 is 2.32 bits per heavy atom. The lowest BCUT2D eigenvalue weighted by atomic mass is 10.1. The lowest BCUT2D eigenvalue weighted by Crippen LogP contribution is -2.49. The van der Waals surface area contributed by atoms with E-state index in [-0.39, 0.29) is 5.69 Å². The van der Waals surface area contributed by atoms with E-state index in [1.165, 1.54) is 12.1 Å². The van der Waals surface area contributed by atoms with Gasteiger partial charge in [0.1, 0.15) is 0 Å². The molecule has 1 atom stereocenters. The van der Waals surface area contributed by atoms with Crippen LogP contribution in [0.1, 0.15) is 17.7 Å². The third-order valence-corrected chi connectivity index (χ3v) is 9.72. The predicted molar refractivity (Wildman–Crippen MR) is 135 cm³/mol. The molecule has 34 heavy (non-hydrogen) atoms. The van der Waals surface area contributed by atoms with Crippen LogP contribution in [0.3, 0.4) is 0 Å². The number of nitro benzene ring substituents is 1. The maximum atomic E-state index is 13.4. The molecule has 8 nitrogen and oxygen atoms in total. The Bertz CT molecular complexity index is 1340. The van der Waals surface area contributed by atoms with Gasteiger partial charge in [0.05, 0.1) is 21.5 Å².